The lowest BCUT2D eigenvalue weighted by atomic mass is 10.0. The number of hydrogen-bond donors (Lipinski definition) is 0. The lowest BCUT2D eigenvalue weighted by Gasteiger charge is -2.18. The summed E-state index contributed by atoms with van der Waals surface area (Å²) in [5.74, 6) is -0.850. The maximum absolute atomic E-state index is 12.7. The van der Waals surface area contributed by atoms with Crippen LogP contribution in [-0.4, -0.2) is 37.2 Å². The zero-order chi connectivity index (χ0) is 41.5. The van der Waals surface area contributed by atoms with E-state index in [-0.39, 0.29) is 31.1 Å². The second-order valence-corrected chi connectivity index (χ2v) is 17.5. The number of ether oxygens (including phenoxy) is 3. The van der Waals surface area contributed by atoms with E-state index in [1.54, 1.807) is 0 Å². The Morgan fingerprint density at radius 3 is 0.702 bits per heavy atom. The third-order valence-corrected chi connectivity index (χ3v) is 11.6. The molecule has 1 atom stereocenters. The molecular formula is C51H98O6. The molecule has 0 aliphatic heterocycles. The summed E-state index contributed by atoms with van der Waals surface area (Å²) < 4.78 is 16.7. The van der Waals surface area contributed by atoms with Gasteiger partial charge in [-0.15, -0.1) is 0 Å². The molecule has 6 nitrogen and oxygen atoms in total. The van der Waals surface area contributed by atoms with Crippen molar-refractivity contribution >= 4 is 17.9 Å². The summed E-state index contributed by atoms with van der Waals surface area (Å²) in [6.07, 6.45) is 49.6. The van der Waals surface area contributed by atoms with E-state index in [1.165, 1.54) is 193 Å². The van der Waals surface area contributed by atoms with Crippen molar-refractivity contribution in [3.05, 3.63) is 0 Å². The fraction of sp³-hybridized carbons (Fsp3) is 0.941. The van der Waals surface area contributed by atoms with Crippen LogP contribution < -0.4 is 0 Å². The standard InChI is InChI=1S/C51H98O6/c1-4-7-10-13-16-18-20-22-23-24-25-26-27-29-30-32-35-38-41-44-50(53)56-47-48(46-55-49(52)43-40-37-34-15-12-9-6-3)57-51(54)45-42-39-36-33-31-28-21-19-17-14-11-8-5-2/h48H,4-47H2,1-3H3/t48-/m0/s1. The van der Waals surface area contributed by atoms with Gasteiger partial charge in [-0.1, -0.05) is 252 Å². The molecule has 0 N–H and O–H groups in total. The largest absolute Gasteiger partial charge is 0.462 e. The van der Waals surface area contributed by atoms with E-state index in [0.717, 1.165) is 57.8 Å². The molecule has 338 valence electrons. The van der Waals surface area contributed by atoms with E-state index < -0.39 is 6.10 Å². The van der Waals surface area contributed by atoms with E-state index in [9.17, 15) is 14.4 Å². The third kappa shape index (κ3) is 45.3. The highest BCUT2D eigenvalue weighted by molar-refractivity contribution is 5.71. The first-order valence-corrected chi connectivity index (χ1v) is 25.5. The summed E-state index contributed by atoms with van der Waals surface area (Å²) in [6, 6.07) is 0. The van der Waals surface area contributed by atoms with Crippen molar-refractivity contribution in [3.63, 3.8) is 0 Å². The molecule has 0 unspecified atom stereocenters. The van der Waals surface area contributed by atoms with E-state index >= 15 is 0 Å². The maximum atomic E-state index is 12.7. The van der Waals surface area contributed by atoms with Gasteiger partial charge >= 0.3 is 17.9 Å². The molecule has 0 fully saturated rings. The second-order valence-electron chi connectivity index (χ2n) is 17.5. The highest BCUT2D eigenvalue weighted by Crippen LogP contribution is 2.17. The van der Waals surface area contributed by atoms with Crippen molar-refractivity contribution < 1.29 is 28.6 Å². The van der Waals surface area contributed by atoms with Crippen molar-refractivity contribution in [2.24, 2.45) is 0 Å². The topological polar surface area (TPSA) is 78.9 Å². The number of esters is 3. The molecule has 0 aromatic heterocycles. The average Bonchev–Trinajstić information content (AvgIpc) is 3.21. The molecule has 0 rings (SSSR count). The Morgan fingerprint density at radius 2 is 0.474 bits per heavy atom. The molecule has 0 heterocycles. The zero-order valence-corrected chi connectivity index (χ0v) is 38.6. The predicted octanol–water partition coefficient (Wildman–Crippen LogP) is 16.4. The van der Waals surface area contributed by atoms with Crippen molar-refractivity contribution in [2.75, 3.05) is 13.2 Å². The number of hydrogen-bond acceptors (Lipinski definition) is 6. The van der Waals surface area contributed by atoms with Crippen molar-refractivity contribution in [2.45, 2.75) is 297 Å². The predicted molar refractivity (Wildman–Crippen MR) is 243 cm³/mol. The van der Waals surface area contributed by atoms with Crippen molar-refractivity contribution in [1.29, 1.82) is 0 Å². The van der Waals surface area contributed by atoms with Gasteiger partial charge in [0.05, 0.1) is 0 Å². The number of rotatable bonds is 47. The first kappa shape index (κ1) is 55.4. The van der Waals surface area contributed by atoms with Gasteiger partial charge in [0, 0.05) is 19.3 Å². The Labute approximate surface area is 355 Å². The number of unbranched alkanes of at least 4 members (excludes halogenated alkanes) is 36. The molecular weight excluding hydrogens is 709 g/mol. The first-order chi connectivity index (χ1) is 28.0. The number of carbonyl (C=O) groups is 3. The highest BCUT2D eigenvalue weighted by Gasteiger charge is 2.19. The van der Waals surface area contributed by atoms with Crippen LogP contribution in [0.15, 0.2) is 0 Å². The van der Waals surface area contributed by atoms with Crippen LogP contribution in [0.5, 0.6) is 0 Å². The van der Waals surface area contributed by atoms with E-state index in [0.29, 0.717) is 19.3 Å². The van der Waals surface area contributed by atoms with Gasteiger partial charge in [0.1, 0.15) is 13.2 Å². The Balaban J connectivity index is 4.16. The van der Waals surface area contributed by atoms with Crippen molar-refractivity contribution in [3.8, 4) is 0 Å². The van der Waals surface area contributed by atoms with Crippen LogP contribution in [0, 0.1) is 0 Å². The minimum atomic E-state index is -0.758. The normalized spacial score (nSPS) is 11.8. The van der Waals surface area contributed by atoms with Crippen LogP contribution in [0.25, 0.3) is 0 Å². The van der Waals surface area contributed by atoms with E-state index in [4.69, 9.17) is 14.2 Å². The first-order valence-electron chi connectivity index (χ1n) is 25.5. The molecule has 57 heavy (non-hydrogen) atoms. The monoisotopic (exact) mass is 807 g/mol. The van der Waals surface area contributed by atoms with E-state index in [2.05, 4.69) is 20.8 Å². The Bertz CT molecular complexity index is 844. The molecule has 0 bridgehead atoms. The smallest absolute Gasteiger partial charge is 0.306 e. The molecule has 6 heteroatoms. The minimum absolute atomic E-state index is 0.0625. The number of carbonyl (C=O) groups excluding carboxylic acids is 3. The van der Waals surface area contributed by atoms with Crippen LogP contribution in [-0.2, 0) is 28.6 Å². The van der Waals surface area contributed by atoms with Gasteiger partial charge in [0.2, 0.25) is 0 Å². The van der Waals surface area contributed by atoms with Crippen LogP contribution in [0.3, 0.4) is 0 Å². The summed E-state index contributed by atoms with van der Waals surface area (Å²) in [6.45, 7) is 6.64. The minimum Gasteiger partial charge on any atom is -0.462 e. The molecule has 0 saturated carbocycles. The molecule has 0 radical (unpaired) electrons. The fourth-order valence-electron chi connectivity index (χ4n) is 7.74. The fourth-order valence-corrected chi connectivity index (χ4v) is 7.74. The van der Waals surface area contributed by atoms with Gasteiger partial charge < -0.3 is 14.2 Å². The lowest BCUT2D eigenvalue weighted by molar-refractivity contribution is -0.167. The summed E-state index contributed by atoms with van der Waals surface area (Å²) in [7, 11) is 0. The molecule has 0 aliphatic carbocycles. The van der Waals surface area contributed by atoms with Gasteiger partial charge in [0.25, 0.3) is 0 Å². The molecule has 0 saturated heterocycles. The second kappa shape index (κ2) is 47.1. The summed E-state index contributed by atoms with van der Waals surface area (Å²) in [4.78, 5) is 37.7. The van der Waals surface area contributed by atoms with Crippen molar-refractivity contribution in [1.82, 2.24) is 0 Å². The molecule has 0 aromatic carbocycles. The lowest BCUT2D eigenvalue weighted by Crippen LogP contribution is -2.30. The van der Waals surface area contributed by atoms with Crippen LogP contribution in [0.1, 0.15) is 290 Å². The van der Waals surface area contributed by atoms with Gasteiger partial charge in [-0.3, -0.25) is 14.4 Å². The highest BCUT2D eigenvalue weighted by atomic mass is 16.6. The average molecular weight is 807 g/mol. The Hall–Kier alpha value is -1.59. The van der Waals surface area contributed by atoms with Gasteiger partial charge in [-0.2, -0.15) is 0 Å². The van der Waals surface area contributed by atoms with Gasteiger partial charge in [-0.05, 0) is 19.3 Å². The van der Waals surface area contributed by atoms with Crippen LogP contribution >= 0.6 is 0 Å². The Kier molecular flexibility index (Phi) is 45.8. The van der Waals surface area contributed by atoms with Gasteiger partial charge in [-0.25, -0.2) is 0 Å². The molecule has 0 aromatic rings. The quantitative estimate of drug-likeness (QED) is 0.0346. The molecule has 0 amide bonds. The van der Waals surface area contributed by atoms with Gasteiger partial charge in [0.15, 0.2) is 6.10 Å². The molecule has 0 aliphatic rings. The SMILES string of the molecule is CCCCCCCCCCCCCCCCCCCCCC(=O)OC[C@H](COC(=O)CCCCCCCCC)OC(=O)CCCCCCCCCCCCCCC. The summed E-state index contributed by atoms with van der Waals surface area (Å²) >= 11 is 0. The summed E-state index contributed by atoms with van der Waals surface area (Å²) in [5, 5.41) is 0. The van der Waals surface area contributed by atoms with Crippen LogP contribution in [0.4, 0.5) is 0 Å². The summed E-state index contributed by atoms with van der Waals surface area (Å²) in [5.41, 5.74) is 0. The van der Waals surface area contributed by atoms with E-state index in [1.807, 2.05) is 0 Å². The third-order valence-electron chi connectivity index (χ3n) is 11.6. The zero-order valence-electron chi connectivity index (χ0n) is 38.6. The maximum Gasteiger partial charge on any atom is 0.306 e. The molecule has 0 spiro atoms. The van der Waals surface area contributed by atoms with Crippen LogP contribution in [0.2, 0.25) is 0 Å². The Morgan fingerprint density at radius 1 is 0.281 bits per heavy atom.